The van der Waals surface area contributed by atoms with Gasteiger partial charge in [0.1, 0.15) is 5.82 Å². The Labute approximate surface area is 128 Å². The third-order valence-electron chi connectivity index (χ3n) is 3.74. The van der Waals surface area contributed by atoms with Gasteiger partial charge in [0.05, 0.1) is 11.1 Å². The summed E-state index contributed by atoms with van der Waals surface area (Å²) in [5, 5.41) is 3.33. The summed E-state index contributed by atoms with van der Waals surface area (Å²) in [4.78, 5) is 11.9. The van der Waals surface area contributed by atoms with Crippen molar-refractivity contribution >= 4 is 21.8 Å². The van der Waals surface area contributed by atoms with Gasteiger partial charge in [-0.25, -0.2) is 4.39 Å². The van der Waals surface area contributed by atoms with Crippen molar-refractivity contribution in [3.63, 3.8) is 0 Å². The molecule has 0 spiro atoms. The second-order valence-electron chi connectivity index (χ2n) is 5.31. The van der Waals surface area contributed by atoms with Crippen molar-refractivity contribution in [3.8, 4) is 0 Å². The number of hydrogen-bond acceptors (Lipinski definition) is 1. The van der Waals surface area contributed by atoms with E-state index in [0.717, 1.165) is 24.6 Å². The van der Waals surface area contributed by atoms with Gasteiger partial charge < -0.3 is 5.32 Å². The van der Waals surface area contributed by atoms with Crippen LogP contribution in [0.1, 0.15) is 35.2 Å². The fraction of sp³-hybridized carbons (Fsp3) is 0.500. The second kappa shape index (κ2) is 5.94. The van der Waals surface area contributed by atoms with Gasteiger partial charge in [0.25, 0.3) is 5.91 Å². The number of rotatable bonds is 5. The van der Waals surface area contributed by atoms with Gasteiger partial charge >= 0.3 is 6.18 Å². The Balaban J connectivity index is 2.08. The van der Waals surface area contributed by atoms with Crippen molar-refractivity contribution in [1.29, 1.82) is 0 Å². The Hall–Kier alpha value is -1.11. The van der Waals surface area contributed by atoms with Crippen molar-refractivity contribution in [2.24, 2.45) is 5.41 Å². The summed E-state index contributed by atoms with van der Waals surface area (Å²) in [6.07, 6.45) is -1.80. The molecule has 0 bridgehead atoms. The van der Waals surface area contributed by atoms with E-state index in [0.29, 0.717) is 24.7 Å². The molecule has 1 N–H and O–H groups in total. The van der Waals surface area contributed by atoms with E-state index < -0.39 is 29.0 Å². The number of benzene rings is 1. The maximum Gasteiger partial charge on any atom is 0.416 e. The van der Waals surface area contributed by atoms with Crippen LogP contribution >= 0.6 is 15.9 Å². The van der Waals surface area contributed by atoms with Crippen LogP contribution in [0, 0.1) is 11.2 Å². The predicted molar refractivity (Wildman–Crippen MR) is 73.8 cm³/mol. The van der Waals surface area contributed by atoms with E-state index in [1.165, 1.54) is 0 Å². The molecule has 7 heteroatoms. The molecule has 0 radical (unpaired) electrons. The van der Waals surface area contributed by atoms with Crippen molar-refractivity contribution in [3.05, 3.63) is 35.1 Å². The highest BCUT2D eigenvalue weighted by molar-refractivity contribution is 9.09. The molecule has 116 valence electrons. The summed E-state index contributed by atoms with van der Waals surface area (Å²) < 4.78 is 51.3. The molecule has 0 aliphatic heterocycles. The summed E-state index contributed by atoms with van der Waals surface area (Å²) in [5.74, 6) is -1.76. The summed E-state index contributed by atoms with van der Waals surface area (Å²) in [5.41, 5.74) is -1.59. The molecular formula is C14H14BrF4NO. The fourth-order valence-electron chi connectivity index (χ4n) is 2.13. The molecule has 0 heterocycles. The number of halogens is 5. The summed E-state index contributed by atoms with van der Waals surface area (Å²) in [7, 11) is 0. The molecule has 0 unspecified atom stereocenters. The molecular weight excluding hydrogens is 354 g/mol. The smallest absolute Gasteiger partial charge is 0.351 e. The molecule has 1 aromatic carbocycles. The van der Waals surface area contributed by atoms with E-state index in [9.17, 15) is 22.4 Å². The predicted octanol–water partition coefficient (Wildman–Crippen LogP) is 4.14. The standard InChI is InChI=1S/C14H14BrF4NO/c15-6-5-13(3-4-13)8-20-12(21)10-7-9(14(17,18)19)1-2-11(10)16/h1-2,7H,3-6,8H2,(H,20,21). The number of hydrogen-bond donors (Lipinski definition) is 1. The molecule has 1 saturated carbocycles. The zero-order valence-corrected chi connectivity index (χ0v) is 12.7. The van der Waals surface area contributed by atoms with Gasteiger partial charge in [0.2, 0.25) is 0 Å². The molecule has 0 atom stereocenters. The number of alkyl halides is 4. The van der Waals surface area contributed by atoms with Crippen molar-refractivity contribution in [1.82, 2.24) is 5.32 Å². The Morgan fingerprint density at radius 1 is 1.33 bits per heavy atom. The molecule has 0 aromatic heterocycles. The van der Waals surface area contributed by atoms with Crippen molar-refractivity contribution in [2.75, 3.05) is 11.9 Å². The van der Waals surface area contributed by atoms with Gasteiger partial charge in [-0.1, -0.05) is 15.9 Å². The molecule has 1 fully saturated rings. The van der Waals surface area contributed by atoms with E-state index >= 15 is 0 Å². The molecule has 0 saturated heterocycles. The maximum atomic E-state index is 13.6. The molecule has 2 nitrogen and oxygen atoms in total. The maximum absolute atomic E-state index is 13.6. The van der Waals surface area contributed by atoms with Gasteiger partial charge in [0, 0.05) is 11.9 Å². The van der Waals surface area contributed by atoms with Gasteiger partial charge in [-0.15, -0.1) is 0 Å². The van der Waals surface area contributed by atoms with Crippen LogP contribution in [-0.4, -0.2) is 17.8 Å². The minimum Gasteiger partial charge on any atom is -0.351 e. The van der Waals surface area contributed by atoms with Crippen LogP contribution in [0.15, 0.2) is 18.2 Å². The monoisotopic (exact) mass is 367 g/mol. The lowest BCUT2D eigenvalue weighted by Crippen LogP contribution is -2.31. The number of carbonyl (C=O) groups excluding carboxylic acids is 1. The first-order valence-corrected chi connectivity index (χ1v) is 7.60. The zero-order valence-electron chi connectivity index (χ0n) is 11.1. The van der Waals surface area contributed by atoms with E-state index in [-0.39, 0.29) is 5.41 Å². The van der Waals surface area contributed by atoms with E-state index in [1.54, 1.807) is 0 Å². The minimum absolute atomic E-state index is 0.0112. The second-order valence-corrected chi connectivity index (χ2v) is 6.11. The van der Waals surface area contributed by atoms with Crippen molar-refractivity contribution in [2.45, 2.75) is 25.4 Å². The summed E-state index contributed by atoms with van der Waals surface area (Å²) in [6.45, 7) is 0.354. The van der Waals surface area contributed by atoms with Crippen LogP contribution in [0.3, 0.4) is 0 Å². The van der Waals surface area contributed by atoms with Gasteiger partial charge in [0.15, 0.2) is 0 Å². The van der Waals surface area contributed by atoms with E-state index in [2.05, 4.69) is 21.2 Å². The minimum atomic E-state index is -4.60. The Kier molecular flexibility index (Phi) is 4.60. The zero-order chi connectivity index (χ0) is 15.7. The van der Waals surface area contributed by atoms with Crippen LogP contribution in [0.2, 0.25) is 0 Å². The molecule has 1 aliphatic carbocycles. The number of amides is 1. The summed E-state index contributed by atoms with van der Waals surface area (Å²) in [6, 6.07) is 1.84. The average molecular weight is 368 g/mol. The largest absolute Gasteiger partial charge is 0.416 e. The Morgan fingerprint density at radius 3 is 2.52 bits per heavy atom. The number of nitrogens with one attached hydrogen (secondary N) is 1. The van der Waals surface area contributed by atoms with E-state index in [4.69, 9.17) is 0 Å². The fourth-order valence-corrected chi connectivity index (χ4v) is 2.97. The lowest BCUT2D eigenvalue weighted by Gasteiger charge is -2.15. The third kappa shape index (κ3) is 3.96. The van der Waals surface area contributed by atoms with Crippen LogP contribution in [-0.2, 0) is 6.18 Å². The van der Waals surface area contributed by atoms with Crippen LogP contribution in [0.4, 0.5) is 17.6 Å². The Morgan fingerprint density at radius 2 is 2.00 bits per heavy atom. The topological polar surface area (TPSA) is 29.1 Å². The molecule has 21 heavy (non-hydrogen) atoms. The first-order chi connectivity index (χ1) is 9.77. The van der Waals surface area contributed by atoms with Crippen LogP contribution in [0.25, 0.3) is 0 Å². The highest BCUT2D eigenvalue weighted by atomic mass is 79.9. The molecule has 1 aromatic rings. The highest BCUT2D eigenvalue weighted by Crippen LogP contribution is 2.48. The quantitative estimate of drug-likeness (QED) is 0.614. The van der Waals surface area contributed by atoms with Gasteiger partial charge in [-0.3, -0.25) is 4.79 Å². The molecule has 2 rings (SSSR count). The summed E-state index contributed by atoms with van der Waals surface area (Å²) >= 11 is 3.32. The average Bonchev–Trinajstić information content (AvgIpc) is 3.16. The molecule has 1 amide bonds. The first kappa shape index (κ1) is 16.3. The number of carbonyl (C=O) groups is 1. The first-order valence-electron chi connectivity index (χ1n) is 6.48. The van der Waals surface area contributed by atoms with Gasteiger partial charge in [-0.2, -0.15) is 13.2 Å². The van der Waals surface area contributed by atoms with E-state index in [1.807, 2.05) is 0 Å². The van der Waals surface area contributed by atoms with Gasteiger partial charge in [-0.05, 0) is 42.9 Å². The molecule has 1 aliphatic rings. The van der Waals surface area contributed by atoms with Crippen molar-refractivity contribution < 1.29 is 22.4 Å². The van der Waals surface area contributed by atoms with Crippen LogP contribution < -0.4 is 5.32 Å². The Bertz CT molecular complexity index is 540. The normalized spacial score (nSPS) is 16.6. The lowest BCUT2D eigenvalue weighted by molar-refractivity contribution is -0.137. The SMILES string of the molecule is O=C(NCC1(CCBr)CC1)c1cc(C(F)(F)F)ccc1F. The van der Waals surface area contributed by atoms with Crippen LogP contribution in [0.5, 0.6) is 0 Å². The highest BCUT2D eigenvalue weighted by Gasteiger charge is 2.42. The third-order valence-corrected chi connectivity index (χ3v) is 4.14. The lowest BCUT2D eigenvalue weighted by atomic mass is 10.0.